The zero-order chi connectivity index (χ0) is 34.7. The lowest BCUT2D eigenvalue weighted by atomic mass is 9.88. The quantitative estimate of drug-likeness (QED) is 0.118. The number of hydrogen-bond donors (Lipinski definition) is 4. The number of allylic oxidation sites excluding steroid dienone is 2. The van der Waals surface area contributed by atoms with E-state index in [9.17, 15) is 30.0 Å². The Morgan fingerprint density at radius 2 is 1.98 bits per heavy atom. The number of carbonyl (C=O) groups excluding carboxylic acids is 2. The first kappa shape index (κ1) is 37.5. The summed E-state index contributed by atoms with van der Waals surface area (Å²) in [5, 5.41) is 43.2. The fourth-order valence-electron chi connectivity index (χ4n) is 7.34. The van der Waals surface area contributed by atoms with Crippen LogP contribution in [0.5, 0.6) is 0 Å². The maximum Gasteiger partial charge on any atom is 0.410 e. The topological polar surface area (TPSA) is 153 Å². The zero-order valence-corrected chi connectivity index (χ0v) is 29.2. The predicted molar refractivity (Wildman–Crippen MR) is 177 cm³/mol. The molecule has 1 amide bonds. The van der Waals surface area contributed by atoms with Gasteiger partial charge in [-0.25, -0.2) is 4.79 Å². The van der Waals surface area contributed by atoms with Crippen molar-refractivity contribution < 1.29 is 44.2 Å². The number of amides is 1. The highest BCUT2D eigenvalue weighted by molar-refractivity contribution is 5.70. The highest BCUT2D eigenvalue weighted by Gasteiger charge is 2.48. The number of aliphatic hydroxyl groups is 4. The van der Waals surface area contributed by atoms with Gasteiger partial charge in [0.1, 0.15) is 11.7 Å². The van der Waals surface area contributed by atoms with Gasteiger partial charge < -0.3 is 39.5 Å². The van der Waals surface area contributed by atoms with Gasteiger partial charge in [0, 0.05) is 43.4 Å². The van der Waals surface area contributed by atoms with E-state index in [2.05, 4.69) is 11.8 Å². The van der Waals surface area contributed by atoms with Crippen molar-refractivity contribution in [2.24, 2.45) is 11.8 Å². The van der Waals surface area contributed by atoms with Crippen LogP contribution in [0, 0.1) is 11.8 Å². The largest absolute Gasteiger partial charge is 0.457 e. The molecule has 266 valence electrons. The Bertz CT molecular complexity index is 1180. The second-order valence-electron chi connectivity index (χ2n) is 14.8. The Hall–Kier alpha value is -2.28. The number of ether oxygens (including phenoxy) is 3. The number of rotatable bonds is 10. The van der Waals surface area contributed by atoms with Crippen molar-refractivity contribution in [1.29, 1.82) is 0 Å². The molecule has 4 aliphatic heterocycles. The van der Waals surface area contributed by atoms with Crippen LogP contribution in [-0.2, 0) is 19.0 Å². The molecule has 4 rings (SSSR count). The van der Waals surface area contributed by atoms with Crippen LogP contribution in [-0.4, -0.2) is 122 Å². The molecular formula is C36H58N2O9. The highest BCUT2D eigenvalue weighted by Crippen LogP contribution is 2.38. The molecule has 3 fully saturated rings. The predicted octanol–water partition coefficient (Wildman–Crippen LogP) is 3.49. The van der Waals surface area contributed by atoms with Crippen LogP contribution in [0.1, 0.15) is 87.0 Å². The summed E-state index contributed by atoms with van der Waals surface area (Å²) in [7, 11) is 0. The van der Waals surface area contributed by atoms with Crippen molar-refractivity contribution in [1.82, 2.24) is 9.80 Å². The normalized spacial score (nSPS) is 38.7. The highest BCUT2D eigenvalue weighted by atomic mass is 16.6. The maximum atomic E-state index is 13.4. The van der Waals surface area contributed by atoms with Crippen LogP contribution >= 0.6 is 0 Å². The van der Waals surface area contributed by atoms with Crippen molar-refractivity contribution in [3.63, 3.8) is 0 Å². The van der Waals surface area contributed by atoms with Crippen molar-refractivity contribution >= 4 is 12.1 Å². The summed E-state index contributed by atoms with van der Waals surface area (Å²) in [6.07, 6.45) is 6.77. The molecule has 0 radical (unpaired) electrons. The Labute approximate surface area is 280 Å². The van der Waals surface area contributed by atoms with E-state index in [0.29, 0.717) is 31.0 Å². The Kier molecular flexibility index (Phi) is 12.4. The van der Waals surface area contributed by atoms with Gasteiger partial charge in [-0.05, 0) is 64.6 Å². The number of aliphatic hydroxyl groups excluding tert-OH is 2. The number of cyclic esters (lactones) is 1. The summed E-state index contributed by atoms with van der Waals surface area (Å²) in [6, 6.07) is 0.417. The van der Waals surface area contributed by atoms with Crippen LogP contribution in [0.2, 0.25) is 0 Å². The van der Waals surface area contributed by atoms with E-state index in [0.717, 1.165) is 19.5 Å². The second-order valence-corrected chi connectivity index (χ2v) is 14.8. The fraction of sp³-hybridized carbons (Fsp3) is 0.778. The molecule has 0 spiro atoms. The maximum absolute atomic E-state index is 13.4. The van der Waals surface area contributed by atoms with Gasteiger partial charge in [-0.3, -0.25) is 9.69 Å². The first-order valence-corrected chi connectivity index (χ1v) is 17.5. The third-order valence-corrected chi connectivity index (χ3v) is 10.6. The van der Waals surface area contributed by atoms with Crippen LogP contribution < -0.4 is 0 Å². The first-order chi connectivity index (χ1) is 22.0. The molecule has 0 aromatic rings. The van der Waals surface area contributed by atoms with Crippen molar-refractivity contribution in [2.45, 2.75) is 147 Å². The minimum Gasteiger partial charge on any atom is -0.457 e. The van der Waals surface area contributed by atoms with Gasteiger partial charge in [-0.15, -0.1) is 0 Å². The molecule has 0 aromatic carbocycles. The molecule has 4 heterocycles. The van der Waals surface area contributed by atoms with E-state index in [4.69, 9.17) is 14.2 Å². The van der Waals surface area contributed by atoms with Crippen molar-refractivity contribution in [3.8, 4) is 0 Å². The van der Waals surface area contributed by atoms with Gasteiger partial charge in [0.15, 0.2) is 6.10 Å². The molecule has 12 atom stereocenters. The van der Waals surface area contributed by atoms with Gasteiger partial charge >= 0.3 is 12.1 Å². The van der Waals surface area contributed by atoms with E-state index in [1.165, 1.54) is 0 Å². The number of carbonyl (C=O) groups is 2. The Balaban J connectivity index is 1.46. The fourth-order valence-corrected chi connectivity index (χ4v) is 7.34. The lowest BCUT2D eigenvalue weighted by Gasteiger charge is -2.36. The molecule has 11 nitrogen and oxygen atoms in total. The third-order valence-electron chi connectivity index (χ3n) is 10.6. The monoisotopic (exact) mass is 662 g/mol. The average Bonchev–Trinajstić information content (AvgIpc) is 3.44. The van der Waals surface area contributed by atoms with Gasteiger partial charge in [-0.1, -0.05) is 52.0 Å². The van der Waals surface area contributed by atoms with Crippen LogP contribution in [0.3, 0.4) is 0 Å². The molecular weight excluding hydrogens is 604 g/mol. The lowest BCUT2D eigenvalue weighted by Crippen LogP contribution is -2.51. The molecule has 0 aliphatic carbocycles. The first-order valence-electron chi connectivity index (χ1n) is 17.5. The summed E-state index contributed by atoms with van der Waals surface area (Å²) >= 11 is 0. The number of esters is 1. The van der Waals surface area contributed by atoms with Gasteiger partial charge in [0.25, 0.3) is 0 Å². The minimum absolute atomic E-state index is 0.00958. The number of fused-ring (bicyclic) bond motifs is 2. The second kappa shape index (κ2) is 15.5. The molecule has 47 heavy (non-hydrogen) atoms. The summed E-state index contributed by atoms with van der Waals surface area (Å²) < 4.78 is 17.6. The lowest BCUT2D eigenvalue weighted by molar-refractivity contribution is -0.151. The number of epoxide rings is 1. The van der Waals surface area contributed by atoms with Gasteiger partial charge in [0.2, 0.25) is 0 Å². The van der Waals surface area contributed by atoms with Crippen LogP contribution in [0.4, 0.5) is 4.79 Å². The summed E-state index contributed by atoms with van der Waals surface area (Å²) in [5.41, 5.74) is -1.92. The number of likely N-dealkylation sites (N-methyl/N-ethyl adjacent to an activating group) is 1. The molecule has 4 N–H and O–H groups in total. The minimum atomic E-state index is -1.48. The molecule has 3 saturated heterocycles. The van der Waals surface area contributed by atoms with E-state index < -0.39 is 47.7 Å². The third kappa shape index (κ3) is 9.67. The van der Waals surface area contributed by atoms with E-state index in [-0.39, 0.29) is 49.3 Å². The van der Waals surface area contributed by atoms with E-state index in [1.54, 1.807) is 49.1 Å². The molecule has 4 aliphatic rings. The van der Waals surface area contributed by atoms with Crippen molar-refractivity contribution in [3.05, 3.63) is 36.0 Å². The molecule has 0 saturated carbocycles. The molecule has 10 unspecified atom stereocenters. The van der Waals surface area contributed by atoms with Gasteiger partial charge in [-0.2, -0.15) is 0 Å². The van der Waals surface area contributed by atoms with Crippen molar-refractivity contribution in [2.75, 3.05) is 19.6 Å². The van der Waals surface area contributed by atoms with Crippen LogP contribution in [0.15, 0.2) is 36.0 Å². The number of likely N-dealkylation sites (tertiary alicyclic amines) is 2. The smallest absolute Gasteiger partial charge is 0.410 e. The summed E-state index contributed by atoms with van der Waals surface area (Å²) in [4.78, 5) is 30.3. The molecule has 0 aromatic heterocycles. The van der Waals surface area contributed by atoms with E-state index >= 15 is 0 Å². The standard InChI is InChI=1S/C36H58N2O9/c1-8-28(40)24(5)33-29(45-33)19-35(6,43)15-10-11-22(3)32-23(4)12-13-30(36(7,44)16-14-27(39)18-31(41)47-32)46-34(42)38-21-25-17-26(38)20-37(25)9-2/h10-13,15,23-30,32-33,39-40,43-44H,8-9,14,16-21H2,1-7H3/b13-12+,15-10+,22-11+/t23?,24?,25-,26-,27?,28?,29?,30?,32?,33?,35?,36?/m0/s1. The van der Waals surface area contributed by atoms with Crippen LogP contribution in [0.25, 0.3) is 0 Å². The zero-order valence-electron chi connectivity index (χ0n) is 29.2. The number of nitrogens with zero attached hydrogens (tertiary/aromatic N) is 2. The SMILES string of the molecule is CCC(O)C(C)C1OC1CC(C)(O)/C=C/C=C(\C)C1OC(=O)CC(O)CCC(C)(O)C(OC(=O)N2C[C@@H]3C[C@H]2CN3CC)/C=C/C1C. The molecule has 11 heteroatoms. The number of piperazine rings is 1. The Morgan fingerprint density at radius 3 is 2.62 bits per heavy atom. The summed E-state index contributed by atoms with van der Waals surface area (Å²) in [6.45, 7) is 15.4. The Morgan fingerprint density at radius 1 is 1.26 bits per heavy atom. The number of hydrogen-bond acceptors (Lipinski definition) is 10. The van der Waals surface area contributed by atoms with Gasteiger partial charge in [0.05, 0.1) is 36.4 Å². The summed E-state index contributed by atoms with van der Waals surface area (Å²) in [5.74, 6) is -0.935. The van der Waals surface area contributed by atoms with E-state index in [1.807, 2.05) is 27.7 Å². The average molecular weight is 663 g/mol. The molecule has 2 bridgehead atoms.